The van der Waals surface area contributed by atoms with Crippen LogP contribution in [0.1, 0.15) is 27.2 Å². The summed E-state index contributed by atoms with van der Waals surface area (Å²) in [5.74, 6) is 2.40. The normalized spacial score (nSPS) is 13.4. The highest BCUT2D eigenvalue weighted by atomic mass is 16.5. The summed E-state index contributed by atoms with van der Waals surface area (Å²) in [6.07, 6.45) is 0.758. The lowest BCUT2D eigenvalue weighted by Crippen LogP contribution is -2.36. The molecule has 1 aliphatic rings. The van der Waals surface area contributed by atoms with Gasteiger partial charge >= 0.3 is 0 Å². The van der Waals surface area contributed by atoms with Crippen LogP contribution in [0.15, 0.2) is 34.7 Å². The highest BCUT2D eigenvalue weighted by Gasteiger charge is 2.27. The lowest BCUT2D eigenvalue weighted by molar-refractivity contribution is 0.0703. The first-order valence-electron chi connectivity index (χ1n) is 9.16. The molecule has 2 heterocycles. The first kappa shape index (κ1) is 18.2. The molecule has 1 aromatic heterocycles. The molecule has 0 saturated carbocycles. The summed E-state index contributed by atoms with van der Waals surface area (Å²) in [5, 5.41) is 0.895. The van der Waals surface area contributed by atoms with Crippen LogP contribution in [0.4, 0.5) is 0 Å². The molecule has 28 heavy (non-hydrogen) atoms. The van der Waals surface area contributed by atoms with Crippen molar-refractivity contribution in [2.24, 2.45) is 0 Å². The van der Waals surface area contributed by atoms with Crippen LogP contribution in [0, 0.1) is 6.92 Å². The third-order valence-electron chi connectivity index (χ3n) is 5.34. The standard InChI is InChI=1S/C22H23NO5/c1-13-17-11-16(25-2)5-6-18(17)28-21(13)22(24)23-8-7-14-9-19(26-3)20(27-4)10-15(14)12-23/h5-6,9-11H,7-8,12H2,1-4H3. The predicted octanol–water partition coefficient (Wildman–Crippen LogP) is 3.97. The second-order valence-corrected chi connectivity index (χ2v) is 6.87. The SMILES string of the molecule is COc1ccc2oc(C(=O)N3CCc4cc(OC)c(OC)cc4C3)c(C)c2c1. The van der Waals surface area contributed by atoms with E-state index in [1.54, 1.807) is 21.3 Å². The van der Waals surface area contributed by atoms with Crippen molar-refractivity contribution in [1.29, 1.82) is 0 Å². The number of carbonyl (C=O) groups excluding carboxylic acids is 1. The molecule has 0 fully saturated rings. The number of hydrogen-bond donors (Lipinski definition) is 0. The van der Waals surface area contributed by atoms with Crippen LogP contribution in [0.3, 0.4) is 0 Å². The monoisotopic (exact) mass is 381 g/mol. The molecule has 1 amide bonds. The van der Waals surface area contributed by atoms with Crippen LogP contribution < -0.4 is 14.2 Å². The van der Waals surface area contributed by atoms with E-state index in [2.05, 4.69) is 0 Å². The van der Waals surface area contributed by atoms with Crippen molar-refractivity contribution in [3.63, 3.8) is 0 Å². The Morgan fingerprint density at radius 2 is 1.71 bits per heavy atom. The molecule has 0 unspecified atom stereocenters. The van der Waals surface area contributed by atoms with E-state index in [0.29, 0.717) is 35.9 Å². The average molecular weight is 381 g/mol. The zero-order chi connectivity index (χ0) is 19.8. The number of nitrogens with zero attached hydrogens (tertiary/aromatic N) is 1. The van der Waals surface area contributed by atoms with Crippen molar-refractivity contribution >= 4 is 16.9 Å². The first-order chi connectivity index (χ1) is 13.5. The molecule has 0 N–H and O–H groups in total. The van der Waals surface area contributed by atoms with Crippen LogP contribution in [0.5, 0.6) is 17.2 Å². The van der Waals surface area contributed by atoms with E-state index in [9.17, 15) is 4.79 Å². The Labute approximate surface area is 163 Å². The van der Waals surface area contributed by atoms with Gasteiger partial charge in [0.15, 0.2) is 17.3 Å². The topological polar surface area (TPSA) is 61.1 Å². The van der Waals surface area contributed by atoms with Gasteiger partial charge in [-0.15, -0.1) is 0 Å². The van der Waals surface area contributed by atoms with E-state index in [1.807, 2.05) is 42.2 Å². The van der Waals surface area contributed by atoms with E-state index in [4.69, 9.17) is 18.6 Å². The molecular formula is C22H23NO5. The van der Waals surface area contributed by atoms with Gasteiger partial charge in [0.2, 0.25) is 0 Å². The molecule has 6 heteroatoms. The molecule has 1 aliphatic heterocycles. The van der Waals surface area contributed by atoms with Crippen LogP contribution in [0.2, 0.25) is 0 Å². The van der Waals surface area contributed by atoms with Gasteiger partial charge in [-0.25, -0.2) is 0 Å². The number of ether oxygens (including phenoxy) is 3. The van der Waals surface area contributed by atoms with Gasteiger partial charge in [0.25, 0.3) is 5.91 Å². The maximum Gasteiger partial charge on any atom is 0.290 e. The number of furan rings is 1. The Morgan fingerprint density at radius 1 is 1.00 bits per heavy atom. The number of aryl methyl sites for hydroxylation is 1. The predicted molar refractivity (Wildman–Crippen MR) is 105 cm³/mol. The molecule has 0 aliphatic carbocycles. The van der Waals surface area contributed by atoms with Crippen molar-refractivity contribution in [2.45, 2.75) is 19.9 Å². The fraction of sp³-hybridized carbons (Fsp3) is 0.318. The molecule has 0 bridgehead atoms. The maximum absolute atomic E-state index is 13.2. The Kier molecular flexibility index (Phi) is 4.63. The first-order valence-corrected chi connectivity index (χ1v) is 9.16. The van der Waals surface area contributed by atoms with Crippen molar-refractivity contribution < 1.29 is 23.4 Å². The van der Waals surface area contributed by atoms with Gasteiger partial charge in [0.05, 0.1) is 21.3 Å². The maximum atomic E-state index is 13.2. The molecule has 0 radical (unpaired) electrons. The van der Waals surface area contributed by atoms with Crippen molar-refractivity contribution in [1.82, 2.24) is 4.90 Å². The largest absolute Gasteiger partial charge is 0.497 e. The van der Waals surface area contributed by atoms with E-state index in [0.717, 1.165) is 28.7 Å². The molecule has 0 saturated heterocycles. The molecule has 0 atom stereocenters. The second-order valence-electron chi connectivity index (χ2n) is 6.87. The van der Waals surface area contributed by atoms with Crippen LogP contribution in [0.25, 0.3) is 11.0 Å². The van der Waals surface area contributed by atoms with Crippen molar-refractivity contribution in [3.05, 3.63) is 52.8 Å². The van der Waals surface area contributed by atoms with E-state index in [1.165, 1.54) is 5.56 Å². The van der Waals surface area contributed by atoms with Gasteiger partial charge in [-0.2, -0.15) is 0 Å². The van der Waals surface area contributed by atoms with Gasteiger partial charge in [0, 0.05) is 24.0 Å². The summed E-state index contributed by atoms with van der Waals surface area (Å²) in [6, 6.07) is 9.50. The van der Waals surface area contributed by atoms with Crippen LogP contribution >= 0.6 is 0 Å². The van der Waals surface area contributed by atoms with E-state index < -0.39 is 0 Å². The summed E-state index contributed by atoms with van der Waals surface area (Å²) in [7, 11) is 4.86. The number of carbonyl (C=O) groups is 1. The lowest BCUT2D eigenvalue weighted by Gasteiger charge is -2.29. The van der Waals surface area contributed by atoms with Crippen molar-refractivity contribution in [3.8, 4) is 17.2 Å². The number of amides is 1. The summed E-state index contributed by atoms with van der Waals surface area (Å²) < 4.78 is 22.0. The third kappa shape index (κ3) is 2.95. The number of hydrogen-bond acceptors (Lipinski definition) is 5. The van der Waals surface area contributed by atoms with Gasteiger partial charge in [-0.1, -0.05) is 0 Å². The average Bonchev–Trinajstić information content (AvgIpc) is 3.07. The summed E-state index contributed by atoms with van der Waals surface area (Å²) in [6.45, 7) is 3.04. The minimum absolute atomic E-state index is 0.104. The Balaban J connectivity index is 1.65. The highest BCUT2D eigenvalue weighted by molar-refractivity contribution is 5.99. The Morgan fingerprint density at radius 3 is 2.39 bits per heavy atom. The minimum atomic E-state index is -0.104. The molecular weight excluding hydrogens is 358 g/mol. The second kappa shape index (κ2) is 7.11. The molecule has 6 nitrogen and oxygen atoms in total. The fourth-order valence-electron chi connectivity index (χ4n) is 3.73. The Bertz CT molecular complexity index is 1050. The van der Waals surface area contributed by atoms with Gasteiger partial charge in [-0.3, -0.25) is 4.79 Å². The van der Waals surface area contributed by atoms with Crippen LogP contribution in [-0.4, -0.2) is 38.7 Å². The number of methoxy groups -OCH3 is 3. The summed E-state index contributed by atoms with van der Waals surface area (Å²) in [5.41, 5.74) is 3.75. The number of benzene rings is 2. The molecule has 146 valence electrons. The third-order valence-corrected chi connectivity index (χ3v) is 5.34. The van der Waals surface area contributed by atoms with E-state index >= 15 is 0 Å². The van der Waals surface area contributed by atoms with Gasteiger partial charge < -0.3 is 23.5 Å². The number of rotatable bonds is 4. The van der Waals surface area contributed by atoms with Crippen molar-refractivity contribution in [2.75, 3.05) is 27.9 Å². The molecule has 2 aromatic carbocycles. The van der Waals surface area contributed by atoms with Gasteiger partial charge in [0.1, 0.15) is 11.3 Å². The fourth-order valence-corrected chi connectivity index (χ4v) is 3.73. The smallest absolute Gasteiger partial charge is 0.290 e. The number of fused-ring (bicyclic) bond motifs is 2. The zero-order valence-electron chi connectivity index (χ0n) is 16.5. The lowest BCUT2D eigenvalue weighted by atomic mass is 9.98. The Hall–Kier alpha value is -3.15. The minimum Gasteiger partial charge on any atom is -0.497 e. The highest BCUT2D eigenvalue weighted by Crippen LogP contribution is 2.34. The molecule has 0 spiro atoms. The molecule has 3 aromatic rings. The van der Waals surface area contributed by atoms with E-state index in [-0.39, 0.29) is 5.91 Å². The van der Waals surface area contributed by atoms with Crippen LogP contribution in [-0.2, 0) is 13.0 Å². The summed E-state index contributed by atoms with van der Waals surface area (Å²) in [4.78, 5) is 15.0. The quantitative estimate of drug-likeness (QED) is 0.684. The zero-order valence-corrected chi connectivity index (χ0v) is 16.5. The van der Waals surface area contributed by atoms with Gasteiger partial charge in [-0.05, 0) is 54.8 Å². The molecule has 4 rings (SSSR count). The summed E-state index contributed by atoms with van der Waals surface area (Å²) >= 11 is 0.